The van der Waals surface area contributed by atoms with E-state index < -0.39 is 17.9 Å². The van der Waals surface area contributed by atoms with Crippen LogP contribution < -0.4 is 10.5 Å². The van der Waals surface area contributed by atoms with Crippen LogP contribution in [-0.4, -0.2) is 22.3 Å². The molecule has 2 aromatic rings. The van der Waals surface area contributed by atoms with Gasteiger partial charge in [0, 0.05) is 6.07 Å². The SMILES string of the molecule is CC(C=Cc1ccc(Oc2ccccc2F)o1)N(O)C(N)=O. The number of rotatable bonds is 5. The first kappa shape index (κ1) is 15.6. The van der Waals surface area contributed by atoms with E-state index in [0.29, 0.717) is 10.8 Å². The van der Waals surface area contributed by atoms with Gasteiger partial charge in [0.05, 0.1) is 6.04 Å². The predicted octanol–water partition coefficient (Wildman–Crippen LogP) is 3.38. The van der Waals surface area contributed by atoms with Crippen molar-refractivity contribution in [1.29, 1.82) is 0 Å². The molecule has 1 atom stereocenters. The molecule has 0 spiro atoms. The van der Waals surface area contributed by atoms with Gasteiger partial charge in [0.2, 0.25) is 0 Å². The van der Waals surface area contributed by atoms with E-state index in [1.54, 1.807) is 25.1 Å². The topological polar surface area (TPSA) is 88.9 Å². The molecule has 1 heterocycles. The first-order valence-electron chi connectivity index (χ1n) is 6.45. The van der Waals surface area contributed by atoms with E-state index in [4.69, 9.17) is 14.9 Å². The summed E-state index contributed by atoms with van der Waals surface area (Å²) in [5.74, 6) is 0.0854. The zero-order valence-corrected chi connectivity index (χ0v) is 11.8. The molecule has 0 bridgehead atoms. The highest BCUT2D eigenvalue weighted by atomic mass is 19.1. The van der Waals surface area contributed by atoms with Gasteiger partial charge in [0.15, 0.2) is 11.6 Å². The third-order valence-electron chi connectivity index (χ3n) is 2.80. The average Bonchev–Trinajstić information content (AvgIpc) is 2.94. The summed E-state index contributed by atoms with van der Waals surface area (Å²) in [7, 11) is 0. The number of para-hydroxylation sites is 1. The third-order valence-corrected chi connectivity index (χ3v) is 2.80. The van der Waals surface area contributed by atoms with Gasteiger partial charge in [-0.05, 0) is 31.2 Å². The lowest BCUT2D eigenvalue weighted by molar-refractivity contribution is -0.0560. The molecule has 2 rings (SSSR count). The second-order valence-corrected chi connectivity index (χ2v) is 4.47. The quantitative estimate of drug-likeness (QED) is 0.654. The molecule has 1 aromatic carbocycles. The molecular formula is C15H15FN2O4. The largest absolute Gasteiger partial charge is 0.426 e. The summed E-state index contributed by atoms with van der Waals surface area (Å²) in [6.45, 7) is 1.57. The predicted molar refractivity (Wildman–Crippen MR) is 76.9 cm³/mol. The fourth-order valence-corrected chi connectivity index (χ4v) is 1.63. The fourth-order valence-electron chi connectivity index (χ4n) is 1.63. The van der Waals surface area contributed by atoms with E-state index in [9.17, 15) is 14.4 Å². The number of hydroxylamine groups is 2. The lowest BCUT2D eigenvalue weighted by Gasteiger charge is -2.16. The van der Waals surface area contributed by atoms with Crippen molar-refractivity contribution in [2.75, 3.05) is 0 Å². The van der Waals surface area contributed by atoms with Gasteiger partial charge in [-0.15, -0.1) is 0 Å². The summed E-state index contributed by atoms with van der Waals surface area (Å²) in [6.07, 6.45) is 3.04. The van der Waals surface area contributed by atoms with Gasteiger partial charge in [-0.25, -0.2) is 9.18 Å². The van der Waals surface area contributed by atoms with Crippen LogP contribution in [-0.2, 0) is 0 Å². The number of furan rings is 1. The Kier molecular flexibility index (Phi) is 4.80. The van der Waals surface area contributed by atoms with E-state index in [0.717, 1.165) is 0 Å². The van der Waals surface area contributed by atoms with Crippen molar-refractivity contribution in [2.45, 2.75) is 13.0 Å². The molecular weight excluding hydrogens is 291 g/mol. The molecule has 3 N–H and O–H groups in total. The van der Waals surface area contributed by atoms with Crippen molar-refractivity contribution < 1.29 is 23.5 Å². The van der Waals surface area contributed by atoms with E-state index >= 15 is 0 Å². The van der Waals surface area contributed by atoms with Crippen LogP contribution >= 0.6 is 0 Å². The second-order valence-electron chi connectivity index (χ2n) is 4.47. The highest BCUT2D eigenvalue weighted by Gasteiger charge is 2.12. The minimum absolute atomic E-state index is 0.0519. The smallest absolute Gasteiger partial charge is 0.339 e. The van der Waals surface area contributed by atoms with Crippen LogP contribution in [0.15, 0.2) is 46.9 Å². The van der Waals surface area contributed by atoms with Gasteiger partial charge in [0.1, 0.15) is 5.76 Å². The Labute approximate surface area is 126 Å². The second kappa shape index (κ2) is 6.77. The number of carbonyl (C=O) groups is 1. The number of hydrogen-bond acceptors (Lipinski definition) is 4. The van der Waals surface area contributed by atoms with Gasteiger partial charge in [-0.2, -0.15) is 5.06 Å². The summed E-state index contributed by atoms with van der Waals surface area (Å²) >= 11 is 0. The molecule has 0 aliphatic rings. The summed E-state index contributed by atoms with van der Waals surface area (Å²) < 4.78 is 24.1. The molecule has 0 saturated heterocycles. The molecule has 1 unspecified atom stereocenters. The van der Waals surface area contributed by atoms with Gasteiger partial charge in [-0.1, -0.05) is 18.2 Å². The number of hydrogen-bond donors (Lipinski definition) is 2. The molecule has 0 aliphatic carbocycles. The highest BCUT2D eigenvalue weighted by molar-refractivity contribution is 5.71. The number of urea groups is 1. The van der Waals surface area contributed by atoms with Crippen molar-refractivity contribution in [3.8, 4) is 11.7 Å². The van der Waals surface area contributed by atoms with E-state index in [1.165, 1.54) is 30.4 Å². The Morgan fingerprint density at radius 2 is 2.14 bits per heavy atom. The maximum atomic E-state index is 13.4. The van der Waals surface area contributed by atoms with Crippen LogP contribution in [0.25, 0.3) is 6.08 Å². The number of nitrogens with two attached hydrogens (primary N) is 1. The molecule has 7 heteroatoms. The van der Waals surface area contributed by atoms with Crippen molar-refractivity contribution in [1.82, 2.24) is 5.06 Å². The number of benzene rings is 1. The average molecular weight is 306 g/mol. The molecule has 0 fully saturated rings. The molecule has 1 aromatic heterocycles. The molecule has 0 aliphatic heterocycles. The minimum Gasteiger partial charge on any atom is -0.426 e. The molecule has 22 heavy (non-hydrogen) atoms. The summed E-state index contributed by atoms with van der Waals surface area (Å²) in [5.41, 5.74) is 4.93. The zero-order valence-electron chi connectivity index (χ0n) is 11.8. The lowest BCUT2D eigenvalue weighted by atomic mass is 10.3. The number of nitrogens with zero attached hydrogens (tertiary/aromatic N) is 1. The molecule has 6 nitrogen and oxygen atoms in total. The fraction of sp³-hybridized carbons (Fsp3) is 0.133. The van der Waals surface area contributed by atoms with Crippen molar-refractivity contribution in [2.24, 2.45) is 5.73 Å². The molecule has 0 radical (unpaired) electrons. The van der Waals surface area contributed by atoms with Crippen LogP contribution in [0.5, 0.6) is 11.7 Å². The third kappa shape index (κ3) is 3.86. The number of amides is 2. The summed E-state index contributed by atoms with van der Waals surface area (Å²) in [6, 6.07) is 7.50. The zero-order chi connectivity index (χ0) is 16.1. The standard InChI is InChI=1S/C15H15FN2O4/c1-10(18(20)15(17)19)6-7-11-8-9-14(21-11)22-13-5-3-2-4-12(13)16/h2-10,20H,1H3,(H2,17,19). The number of ether oxygens (including phenoxy) is 1. The Morgan fingerprint density at radius 1 is 1.41 bits per heavy atom. The van der Waals surface area contributed by atoms with Gasteiger partial charge in [0.25, 0.3) is 5.95 Å². The van der Waals surface area contributed by atoms with Crippen LogP contribution in [0, 0.1) is 5.82 Å². The Balaban J connectivity index is 2.03. The monoisotopic (exact) mass is 306 g/mol. The maximum Gasteiger partial charge on any atom is 0.339 e. The molecule has 0 saturated carbocycles. The number of halogens is 1. The van der Waals surface area contributed by atoms with E-state index in [1.807, 2.05) is 0 Å². The van der Waals surface area contributed by atoms with E-state index in [-0.39, 0.29) is 11.7 Å². The Hall–Kier alpha value is -2.80. The van der Waals surface area contributed by atoms with Gasteiger partial charge >= 0.3 is 6.03 Å². The summed E-state index contributed by atoms with van der Waals surface area (Å²) in [5, 5.41) is 9.70. The maximum absolute atomic E-state index is 13.4. The first-order valence-corrected chi connectivity index (χ1v) is 6.45. The Morgan fingerprint density at radius 3 is 2.82 bits per heavy atom. The lowest BCUT2D eigenvalue weighted by Crippen LogP contribution is -2.38. The molecule has 2 amide bonds. The Bertz CT molecular complexity index is 684. The van der Waals surface area contributed by atoms with Crippen molar-refractivity contribution >= 4 is 12.1 Å². The first-order chi connectivity index (χ1) is 10.5. The number of primary amides is 1. The van der Waals surface area contributed by atoms with Crippen molar-refractivity contribution in [3.05, 3.63) is 54.1 Å². The normalized spacial score (nSPS) is 12.3. The van der Waals surface area contributed by atoms with Crippen LogP contribution in [0.1, 0.15) is 12.7 Å². The van der Waals surface area contributed by atoms with Crippen LogP contribution in [0.4, 0.5) is 9.18 Å². The van der Waals surface area contributed by atoms with Crippen LogP contribution in [0.2, 0.25) is 0 Å². The summed E-state index contributed by atoms with van der Waals surface area (Å²) in [4.78, 5) is 10.8. The number of carbonyl (C=O) groups excluding carboxylic acids is 1. The minimum atomic E-state index is -0.958. The van der Waals surface area contributed by atoms with E-state index in [2.05, 4.69) is 0 Å². The highest BCUT2D eigenvalue weighted by Crippen LogP contribution is 2.26. The van der Waals surface area contributed by atoms with Crippen LogP contribution in [0.3, 0.4) is 0 Å². The van der Waals surface area contributed by atoms with Crippen molar-refractivity contribution in [3.63, 3.8) is 0 Å². The van der Waals surface area contributed by atoms with Gasteiger partial charge < -0.3 is 14.9 Å². The molecule has 116 valence electrons. The van der Waals surface area contributed by atoms with Gasteiger partial charge in [-0.3, -0.25) is 5.21 Å².